The summed E-state index contributed by atoms with van der Waals surface area (Å²) in [5.41, 5.74) is 2.11. The molecule has 0 aliphatic rings. The van der Waals surface area contributed by atoms with Gasteiger partial charge in [0, 0.05) is 43.0 Å². The van der Waals surface area contributed by atoms with E-state index < -0.39 is 0 Å². The van der Waals surface area contributed by atoms with Gasteiger partial charge in [-0.15, -0.1) is 0 Å². The average molecular weight is 270 g/mol. The monoisotopic (exact) mass is 270 g/mol. The van der Waals surface area contributed by atoms with E-state index in [9.17, 15) is 9.90 Å². The summed E-state index contributed by atoms with van der Waals surface area (Å²) in [6.07, 6.45) is 2.46. The SMILES string of the molecule is Cc1c(O)cccc1C(=O)N(C)CCc1ccccn1. The molecule has 1 heterocycles. The molecule has 104 valence electrons. The molecular weight excluding hydrogens is 252 g/mol. The average Bonchev–Trinajstić information content (AvgIpc) is 2.48. The van der Waals surface area contributed by atoms with Gasteiger partial charge in [-0.2, -0.15) is 0 Å². The fourth-order valence-corrected chi connectivity index (χ4v) is 1.99. The summed E-state index contributed by atoms with van der Waals surface area (Å²) in [6, 6.07) is 10.7. The number of aromatic nitrogens is 1. The molecular formula is C16H18N2O2. The highest BCUT2D eigenvalue weighted by molar-refractivity contribution is 5.96. The van der Waals surface area contributed by atoms with Crippen LogP contribution in [0.4, 0.5) is 0 Å². The maximum atomic E-state index is 12.3. The highest BCUT2D eigenvalue weighted by Crippen LogP contribution is 2.20. The Labute approximate surface area is 118 Å². The van der Waals surface area contributed by atoms with Crippen molar-refractivity contribution in [2.45, 2.75) is 13.3 Å². The standard InChI is InChI=1S/C16H18N2O2/c1-12-14(7-5-8-15(12)19)16(20)18(2)11-9-13-6-3-4-10-17-13/h3-8,10,19H,9,11H2,1-2H3. The van der Waals surface area contributed by atoms with E-state index >= 15 is 0 Å². The number of hydrogen-bond donors (Lipinski definition) is 1. The van der Waals surface area contributed by atoms with Crippen molar-refractivity contribution in [3.05, 3.63) is 59.4 Å². The quantitative estimate of drug-likeness (QED) is 0.928. The topological polar surface area (TPSA) is 53.4 Å². The van der Waals surface area contributed by atoms with Crippen molar-refractivity contribution >= 4 is 5.91 Å². The molecule has 1 amide bonds. The molecule has 0 unspecified atom stereocenters. The first-order valence-corrected chi connectivity index (χ1v) is 6.53. The van der Waals surface area contributed by atoms with Crippen LogP contribution in [0.15, 0.2) is 42.6 Å². The van der Waals surface area contributed by atoms with Crippen molar-refractivity contribution in [3.8, 4) is 5.75 Å². The van der Waals surface area contributed by atoms with Gasteiger partial charge in [-0.3, -0.25) is 9.78 Å². The minimum absolute atomic E-state index is 0.0886. The second kappa shape index (κ2) is 6.19. The number of aromatic hydroxyl groups is 1. The lowest BCUT2D eigenvalue weighted by Crippen LogP contribution is -2.29. The number of hydrogen-bond acceptors (Lipinski definition) is 3. The van der Waals surface area contributed by atoms with Gasteiger partial charge in [0.1, 0.15) is 5.75 Å². The summed E-state index contributed by atoms with van der Waals surface area (Å²) < 4.78 is 0. The van der Waals surface area contributed by atoms with Gasteiger partial charge in [-0.05, 0) is 31.2 Å². The third-order valence-corrected chi connectivity index (χ3v) is 3.31. The lowest BCUT2D eigenvalue weighted by Gasteiger charge is -2.18. The molecule has 0 aliphatic carbocycles. The molecule has 2 aromatic rings. The van der Waals surface area contributed by atoms with Crippen molar-refractivity contribution in [3.63, 3.8) is 0 Å². The molecule has 0 aliphatic heterocycles. The molecule has 1 N–H and O–H groups in total. The van der Waals surface area contributed by atoms with Gasteiger partial charge in [0.15, 0.2) is 0 Å². The van der Waals surface area contributed by atoms with Crippen LogP contribution in [0.3, 0.4) is 0 Å². The van der Waals surface area contributed by atoms with Crippen LogP contribution in [-0.2, 0) is 6.42 Å². The fraction of sp³-hybridized carbons (Fsp3) is 0.250. The first-order chi connectivity index (χ1) is 9.59. The van der Waals surface area contributed by atoms with Gasteiger partial charge >= 0.3 is 0 Å². The van der Waals surface area contributed by atoms with Gasteiger partial charge < -0.3 is 10.0 Å². The molecule has 20 heavy (non-hydrogen) atoms. The predicted molar refractivity (Wildman–Crippen MR) is 77.7 cm³/mol. The van der Waals surface area contributed by atoms with Gasteiger partial charge in [0.05, 0.1) is 0 Å². The number of carbonyl (C=O) groups excluding carboxylic acids is 1. The highest BCUT2D eigenvalue weighted by Gasteiger charge is 2.15. The van der Waals surface area contributed by atoms with Crippen molar-refractivity contribution in [2.24, 2.45) is 0 Å². The van der Waals surface area contributed by atoms with E-state index in [-0.39, 0.29) is 11.7 Å². The third kappa shape index (κ3) is 3.15. The van der Waals surface area contributed by atoms with Crippen molar-refractivity contribution in [2.75, 3.05) is 13.6 Å². The maximum Gasteiger partial charge on any atom is 0.254 e. The zero-order valence-electron chi connectivity index (χ0n) is 11.7. The summed E-state index contributed by atoms with van der Waals surface area (Å²) >= 11 is 0. The van der Waals surface area contributed by atoms with E-state index in [2.05, 4.69) is 4.98 Å². The Kier molecular flexibility index (Phi) is 4.35. The number of pyridine rings is 1. The number of likely N-dealkylation sites (N-methyl/N-ethyl adjacent to an activating group) is 1. The summed E-state index contributed by atoms with van der Waals surface area (Å²) in [7, 11) is 1.76. The minimum Gasteiger partial charge on any atom is -0.508 e. The Morgan fingerprint density at radius 2 is 2.05 bits per heavy atom. The van der Waals surface area contributed by atoms with E-state index in [1.165, 1.54) is 0 Å². The largest absolute Gasteiger partial charge is 0.508 e. The Balaban J connectivity index is 2.04. The number of phenolic OH excluding ortho intramolecular Hbond substituents is 1. The van der Waals surface area contributed by atoms with Crippen LogP contribution in [0.5, 0.6) is 5.75 Å². The number of amides is 1. The number of phenols is 1. The minimum atomic E-state index is -0.0886. The number of carbonyl (C=O) groups is 1. The highest BCUT2D eigenvalue weighted by atomic mass is 16.3. The van der Waals surface area contributed by atoms with E-state index in [1.54, 1.807) is 43.3 Å². The molecule has 4 heteroatoms. The molecule has 0 bridgehead atoms. The smallest absolute Gasteiger partial charge is 0.254 e. The first-order valence-electron chi connectivity index (χ1n) is 6.53. The summed E-state index contributed by atoms with van der Waals surface area (Å²) in [5.74, 6) is 0.0586. The van der Waals surface area contributed by atoms with Crippen LogP contribution >= 0.6 is 0 Å². The second-order valence-electron chi connectivity index (χ2n) is 4.75. The second-order valence-corrected chi connectivity index (χ2v) is 4.75. The molecule has 2 rings (SSSR count). The van der Waals surface area contributed by atoms with E-state index in [1.807, 2.05) is 18.2 Å². The van der Waals surface area contributed by atoms with Gasteiger partial charge in [0.2, 0.25) is 0 Å². The Morgan fingerprint density at radius 3 is 2.75 bits per heavy atom. The zero-order chi connectivity index (χ0) is 14.5. The van der Waals surface area contributed by atoms with Crippen LogP contribution in [0.1, 0.15) is 21.6 Å². The molecule has 0 saturated carbocycles. The summed E-state index contributed by atoms with van der Waals surface area (Å²) in [5, 5.41) is 9.66. The molecule has 1 aromatic carbocycles. The van der Waals surface area contributed by atoms with Crippen LogP contribution in [0, 0.1) is 6.92 Å². The molecule has 0 saturated heterocycles. The summed E-state index contributed by atoms with van der Waals surface area (Å²) in [6.45, 7) is 2.33. The van der Waals surface area contributed by atoms with Crippen LogP contribution in [0.25, 0.3) is 0 Å². The molecule has 0 radical (unpaired) electrons. The van der Waals surface area contributed by atoms with Gasteiger partial charge in [0.25, 0.3) is 5.91 Å². The normalized spacial score (nSPS) is 10.3. The number of nitrogens with zero attached hydrogens (tertiary/aromatic N) is 2. The molecule has 0 spiro atoms. The molecule has 0 atom stereocenters. The Bertz CT molecular complexity index is 597. The Morgan fingerprint density at radius 1 is 1.25 bits per heavy atom. The molecule has 1 aromatic heterocycles. The van der Waals surface area contributed by atoms with Crippen LogP contribution < -0.4 is 0 Å². The van der Waals surface area contributed by atoms with Crippen LogP contribution in [-0.4, -0.2) is 34.5 Å². The third-order valence-electron chi connectivity index (χ3n) is 3.31. The molecule has 0 fully saturated rings. The lowest BCUT2D eigenvalue weighted by molar-refractivity contribution is 0.0795. The Hall–Kier alpha value is -2.36. The maximum absolute atomic E-state index is 12.3. The van der Waals surface area contributed by atoms with Crippen molar-refractivity contribution in [1.29, 1.82) is 0 Å². The molecule has 4 nitrogen and oxygen atoms in total. The van der Waals surface area contributed by atoms with Crippen LogP contribution in [0.2, 0.25) is 0 Å². The number of benzene rings is 1. The van der Waals surface area contributed by atoms with E-state index in [0.717, 1.165) is 5.69 Å². The van der Waals surface area contributed by atoms with Crippen molar-refractivity contribution < 1.29 is 9.90 Å². The van der Waals surface area contributed by atoms with Gasteiger partial charge in [-0.25, -0.2) is 0 Å². The predicted octanol–water partition coefficient (Wildman–Crippen LogP) is 2.41. The summed E-state index contributed by atoms with van der Waals surface area (Å²) in [4.78, 5) is 18.2. The fourth-order valence-electron chi connectivity index (χ4n) is 1.99. The van der Waals surface area contributed by atoms with Gasteiger partial charge in [-0.1, -0.05) is 12.1 Å². The van der Waals surface area contributed by atoms with Crippen molar-refractivity contribution in [1.82, 2.24) is 9.88 Å². The van der Waals surface area contributed by atoms with E-state index in [4.69, 9.17) is 0 Å². The van der Waals surface area contributed by atoms with E-state index in [0.29, 0.717) is 24.1 Å². The lowest BCUT2D eigenvalue weighted by atomic mass is 10.1. The first kappa shape index (κ1) is 14.1. The number of rotatable bonds is 4. The zero-order valence-corrected chi connectivity index (χ0v) is 11.7.